The predicted octanol–water partition coefficient (Wildman–Crippen LogP) is 3.16. The van der Waals surface area contributed by atoms with Crippen LogP contribution in [-0.2, 0) is 4.79 Å². The monoisotopic (exact) mass is 434 g/mol. The summed E-state index contributed by atoms with van der Waals surface area (Å²) in [6.07, 6.45) is 10.7. The van der Waals surface area contributed by atoms with E-state index in [9.17, 15) is 9.59 Å². The number of hydrogen-bond acceptors (Lipinski definition) is 5. The topological polar surface area (TPSA) is 106 Å². The Morgan fingerprint density at radius 1 is 1.16 bits per heavy atom. The summed E-state index contributed by atoms with van der Waals surface area (Å²) in [5, 5.41) is 7.51. The van der Waals surface area contributed by atoms with Crippen LogP contribution in [0.3, 0.4) is 0 Å². The number of carbonyl (C=O) groups excluding carboxylic acids is 2. The van der Waals surface area contributed by atoms with Gasteiger partial charge in [-0.1, -0.05) is 0 Å². The van der Waals surface area contributed by atoms with Crippen LogP contribution in [0.2, 0.25) is 0 Å². The number of carbonyl (C=O) groups is 2. The number of anilines is 1. The van der Waals surface area contributed by atoms with Gasteiger partial charge < -0.3 is 16.0 Å². The van der Waals surface area contributed by atoms with Crippen LogP contribution in [0, 0.1) is 0 Å². The number of amides is 2. The SMILES string of the molecule is CC(=O)NC1CCC(N(c2c(C(N)=O)cnn3cc(-c4ccncc4)cc23)C(C)C)CC1. The van der Waals surface area contributed by atoms with Crippen LogP contribution in [0.25, 0.3) is 16.6 Å². The van der Waals surface area contributed by atoms with Gasteiger partial charge >= 0.3 is 0 Å². The number of aromatic nitrogens is 3. The summed E-state index contributed by atoms with van der Waals surface area (Å²) in [5.74, 6) is -0.475. The first-order valence-corrected chi connectivity index (χ1v) is 11.1. The van der Waals surface area contributed by atoms with Gasteiger partial charge in [0.2, 0.25) is 5.91 Å². The van der Waals surface area contributed by atoms with Crippen LogP contribution in [-0.4, -0.2) is 44.5 Å². The molecule has 1 aliphatic rings. The highest BCUT2D eigenvalue weighted by molar-refractivity contribution is 6.02. The number of primary amides is 1. The van der Waals surface area contributed by atoms with Crippen LogP contribution < -0.4 is 16.0 Å². The van der Waals surface area contributed by atoms with Gasteiger partial charge in [-0.05, 0) is 63.3 Å². The molecule has 0 bridgehead atoms. The minimum absolute atomic E-state index is 0.0119. The maximum Gasteiger partial charge on any atom is 0.252 e. The highest BCUT2D eigenvalue weighted by Crippen LogP contribution is 2.36. The Balaban J connectivity index is 1.77. The largest absolute Gasteiger partial charge is 0.365 e. The van der Waals surface area contributed by atoms with Gasteiger partial charge in [-0.2, -0.15) is 5.10 Å². The molecule has 1 aliphatic carbocycles. The molecule has 8 heteroatoms. The Kier molecular flexibility index (Phi) is 6.12. The van der Waals surface area contributed by atoms with Gasteiger partial charge in [-0.15, -0.1) is 0 Å². The van der Waals surface area contributed by atoms with Crippen molar-refractivity contribution in [3.8, 4) is 11.1 Å². The average Bonchev–Trinajstić information content (AvgIpc) is 3.20. The van der Waals surface area contributed by atoms with Gasteiger partial charge in [0.15, 0.2) is 0 Å². The molecule has 4 rings (SSSR count). The fraction of sp³-hybridized carbons (Fsp3) is 0.417. The van der Waals surface area contributed by atoms with Crippen molar-refractivity contribution < 1.29 is 9.59 Å². The molecule has 0 spiro atoms. The number of pyridine rings is 1. The fourth-order valence-electron chi connectivity index (χ4n) is 4.85. The van der Waals surface area contributed by atoms with Crippen molar-refractivity contribution in [2.24, 2.45) is 5.73 Å². The summed E-state index contributed by atoms with van der Waals surface area (Å²) in [6.45, 7) is 5.83. The third-order valence-electron chi connectivity index (χ3n) is 6.20. The molecule has 0 aliphatic heterocycles. The lowest BCUT2D eigenvalue weighted by atomic mass is 9.88. The Hall–Kier alpha value is -3.42. The maximum absolute atomic E-state index is 12.4. The van der Waals surface area contributed by atoms with Gasteiger partial charge in [0.1, 0.15) is 0 Å². The van der Waals surface area contributed by atoms with E-state index in [0.29, 0.717) is 5.56 Å². The van der Waals surface area contributed by atoms with Crippen LogP contribution in [0.5, 0.6) is 0 Å². The van der Waals surface area contributed by atoms with Crippen LogP contribution >= 0.6 is 0 Å². The van der Waals surface area contributed by atoms with Crippen molar-refractivity contribution in [3.63, 3.8) is 0 Å². The minimum Gasteiger partial charge on any atom is -0.365 e. The van der Waals surface area contributed by atoms with E-state index in [2.05, 4.69) is 40.2 Å². The maximum atomic E-state index is 12.4. The lowest BCUT2D eigenvalue weighted by Crippen LogP contribution is -2.47. The summed E-state index contributed by atoms with van der Waals surface area (Å²) in [7, 11) is 0. The molecule has 1 fully saturated rings. The van der Waals surface area contributed by atoms with E-state index in [1.807, 2.05) is 22.8 Å². The molecule has 1 saturated carbocycles. The zero-order chi connectivity index (χ0) is 22.8. The van der Waals surface area contributed by atoms with E-state index >= 15 is 0 Å². The molecule has 168 valence electrons. The highest BCUT2D eigenvalue weighted by atomic mass is 16.1. The smallest absolute Gasteiger partial charge is 0.252 e. The molecule has 0 unspecified atom stereocenters. The molecule has 2 amide bonds. The summed E-state index contributed by atoms with van der Waals surface area (Å²) in [6, 6.07) is 6.56. The third kappa shape index (κ3) is 4.30. The normalized spacial score (nSPS) is 18.6. The number of hydrogen-bond donors (Lipinski definition) is 2. The van der Waals surface area contributed by atoms with Crippen molar-refractivity contribution in [2.45, 2.75) is 64.6 Å². The van der Waals surface area contributed by atoms with Crippen LogP contribution in [0.4, 0.5) is 5.69 Å². The number of rotatable bonds is 6. The quantitative estimate of drug-likeness (QED) is 0.620. The van der Waals surface area contributed by atoms with E-state index in [1.165, 1.54) is 0 Å². The standard InChI is InChI=1S/C24H30N6O2/c1-15(2)30(20-6-4-19(5-7-20)28-16(3)31)23-21(24(25)32)13-27-29-14-18(12-22(23)29)17-8-10-26-11-9-17/h8-15,19-20H,4-7H2,1-3H3,(H2,25,32)(H,28,31). The summed E-state index contributed by atoms with van der Waals surface area (Å²) < 4.78 is 1.82. The Morgan fingerprint density at radius 2 is 1.84 bits per heavy atom. The Labute approximate surface area is 187 Å². The van der Waals surface area contributed by atoms with Gasteiger partial charge in [0.05, 0.1) is 23.0 Å². The molecule has 8 nitrogen and oxygen atoms in total. The minimum atomic E-state index is -0.487. The molecule has 32 heavy (non-hydrogen) atoms. The number of fused-ring (bicyclic) bond motifs is 1. The molecule has 0 atom stereocenters. The van der Waals surface area contributed by atoms with E-state index in [4.69, 9.17) is 5.73 Å². The molecule has 3 heterocycles. The Bertz CT molecular complexity index is 1120. The van der Waals surface area contributed by atoms with Gasteiger partial charge in [-0.3, -0.25) is 14.6 Å². The second kappa shape index (κ2) is 8.98. The summed E-state index contributed by atoms with van der Waals surface area (Å²) >= 11 is 0. The predicted molar refractivity (Wildman–Crippen MR) is 124 cm³/mol. The second-order valence-electron chi connectivity index (χ2n) is 8.77. The zero-order valence-corrected chi connectivity index (χ0v) is 18.8. The van der Waals surface area contributed by atoms with Crippen molar-refractivity contribution in [3.05, 3.63) is 48.5 Å². The van der Waals surface area contributed by atoms with E-state index in [1.54, 1.807) is 25.5 Å². The zero-order valence-electron chi connectivity index (χ0n) is 18.8. The molecular formula is C24H30N6O2. The molecule has 3 aromatic rings. The highest BCUT2D eigenvalue weighted by Gasteiger charge is 2.31. The third-order valence-corrected chi connectivity index (χ3v) is 6.20. The van der Waals surface area contributed by atoms with E-state index in [-0.39, 0.29) is 24.0 Å². The van der Waals surface area contributed by atoms with Gasteiger partial charge in [0.25, 0.3) is 5.91 Å². The van der Waals surface area contributed by atoms with Gasteiger partial charge in [-0.25, -0.2) is 4.52 Å². The Morgan fingerprint density at radius 3 is 2.44 bits per heavy atom. The van der Waals surface area contributed by atoms with Gasteiger partial charge in [0, 0.05) is 49.2 Å². The molecule has 0 radical (unpaired) electrons. The lowest BCUT2D eigenvalue weighted by Gasteiger charge is -2.41. The number of nitrogens with two attached hydrogens (primary N) is 1. The van der Waals surface area contributed by atoms with Crippen molar-refractivity contribution >= 4 is 23.0 Å². The second-order valence-corrected chi connectivity index (χ2v) is 8.77. The first-order chi connectivity index (χ1) is 15.3. The van der Waals surface area contributed by atoms with Crippen LogP contribution in [0.1, 0.15) is 56.8 Å². The number of nitrogens with zero attached hydrogens (tertiary/aromatic N) is 4. The lowest BCUT2D eigenvalue weighted by molar-refractivity contribution is -0.119. The fourth-order valence-corrected chi connectivity index (χ4v) is 4.85. The molecular weight excluding hydrogens is 404 g/mol. The molecule has 0 aromatic carbocycles. The number of nitrogens with one attached hydrogen (secondary N) is 1. The van der Waals surface area contributed by atoms with E-state index < -0.39 is 5.91 Å². The van der Waals surface area contributed by atoms with E-state index in [0.717, 1.165) is 48.0 Å². The molecule has 3 aromatic heterocycles. The molecule has 0 saturated heterocycles. The van der Waals surface area contributed by atoms with Crippen molar-refractivity contribution in [2.75, 3.05) is 4.90 Å². The van der Waals surface area contributed by atoms with Crippen LogP contribution in [0.15, 0.2) is 43.0 Å². The first-order valence-electron chi connectivity index (χ1n) is 11.1. The molecule has 3 N–H and O–H groups in total. The first kappa shape index (κ1) is 21.8. The van der Waals surface area contributed by atoms with Crippen molar-refractivity contribution in [1.82, 2.24) is 19.9 Å². The summed E-state index contributed by atoms with van der Waals surface area (Å²) in [4.78, 5) is 30.3. The van der Waals surface area contributed by atoms with Crippen molar-refractivity contribution in [1.29, 1.82) is 0 Å². The summed E-state index contributed by atoms with van der Waals surface area (Å²) in [5.41, 5.74) is 9.93. The average molecular weight is 435 g/mol.